The zero-order valence-electron chi connectivity index (χ0n) is 28.7. The summed E-state index contributed by atoms with van der Waals surface area (Å²) >= 11 is 0. The Bertz CT molecular complexity index is 1260. The van der Waals surface area contributed by atoms with Crippen LogP contribution in [0.1, 0.15) is 89.0 Å². The molecular formula is C29H48N8O9. The number of hydrogen-bond acceptors (Lipinski definition) is 10. The smallest absolute Gasteiger partial charge is 0.467 e. The minimum Gasteiger partial charge on any atom is -0.467 e. The molecular weight excluding hydrogens is 604 g/mol. The molecule has 0 aliphatic rings. The summed E-state index contributed by atoms with van der Waals surface area (Å²) in [4.78, 5) is 80.5. The first kappa shape index (κ1) is 41.3. The standard InChI is InChI=1S/C29H48N8O9/c1-13-15-19(37(36-35-30)25(43)46-26(3,4)5)21(39)33-28(8,9)23(41)34-27(6,7)22(40)31-18(17-45-16-14-2)20(38)32-29(10,11)24(42)44-12/h18-19H,13,15,17H2,1-12H3,(H,31,40)(H,32,38)(H,33,39)(H,34,41)/t18-,19-/m0/s1. The van der Waals surface area contributed by atoms with Crippen molar-refractivity contribution in [1.82, 2.24) is 26.3 Å². The summed E-state index contributed by atoms with van der Waals surface area (Å²) in [6.07, 6.45) is 1.73. The lowest BCUT2D eigenvalue weighted by Gasteiger charge is -2.34. The lowest BCUT2D eigenvalue weighted by molar-refractivity contribution is -0.150. The van der Waals surface area contributed by atoms with Gasteiger partial charge in [0.15, 0.2) is 6.04 Å². The Morgan fingerprint density at radius 3 is 1.89 bits per heavy atom. The van der Waals surface area contributed by atoms with Gasteiger partial charge in [0.25, 0.3) is 5.91 Å². The number of hydrogen-bond donors (Lipinski definition) is 4. The predicted molar refractivity (Wildman–Crippen MR) is 166 cm³/mol. The van der Waals surface area contributed by atoms with Gasteiger partial charge in [-0.2, -0.15) is 9.71 Å². The molecule has 0 bridgehead atoms. The van der Waals surface area contributed by atoms with E-state index in [-0.39, 0.29) is 13.0 Å². The maximum atomic E-state index is 13.4. The Morgan fingerprint density at radius 2 is 1.41 bits per heavy atom. The molecule has 0 aliphatic heterocycles. The molecule has 46 heavy (non-hydrogen) atoms. The SMILES string of the molecule is CC#COC[C@H](NC(=O)C(C)(C)NC(=O)C(C)(C)NC(=O)[C@H](CCC)N(N=[N+]=[N-])C(=O)OC(C)(C)C)C(=O)NC(C)(C)C(=O)OC. The van der Waals surface area contributed by atoms with Crippen molar-refractivity contribution < 1.29 is 43.0 Å². The average molecular weight is 653 g/mol. The summed E-state index contributed by atoms with van der Waals surface area (Å²) in [5.74, 6) is -1.45. The fourth-order valence-corrected chi connectivity index (χ4v) is 3.58. The third-order valence-corrected chi connectivity index (χ3v) is 6.05. The molecule has 258 valence electrons. The van der Waals surface area contributed by atoms with Crippen molar-refractivity contribution in [2.24, 2.45) is 5.22 Å². The minimum atomic E-state index is -1.66. The predicted octanol–water partition coefficient (Wildman–Crippen LogP) is 1.96. The Hall–Kier alpha value is -4.71. The van der Waals surface area contributed by atoms with Crippen LogP contribution in [0.3, 0.4) is 0 Å². The number of esters is 1. The van der Waals surface area contributed by atoms with Crippen molar-refractivity contribution in [2.75, 3.05) is 13.7 Å². The van der Waals surface area contributed by atoms with E-state index in [1.54, 1.807) is 27.7 Å². The number of nitrogens with one attached hydrogen (secondary N) is 4. The van der Waals surface area contributed by atoms with Gasteiger partial charge in [-0.05, 0) is 74.0 Å². The molecule has 2 atom stereocenters. The maximum Gasteiger partial charge on any atom is 0.511 e. The average Bonchev–Trinajstić information content (AvgIpc) is 2.91. The van der Waals surface area contributed by atoms with Crippen molar-refractivity contribution in [3.05, 3.63) is 10.4 Å². The van der Waals surface area contributed by atoms with Gasteiger partial charge in [0.05, 0.1) is 7.11 Å². The van der Waals surface area contributed by atoms with Gasteiger partial charge in [0.2, 0.25) is 17.7 Å². The first-order chi connectivity index (χ1) is 21.0. The molecule has 4 N–H and O–H groups in total. The highest BCUT2D eigenvalue weighted by molar-refractivity contribution is 5.99. The minimum absolute atomic E-state index is 0.0659. The second-order valence-electron chi connectivity index (χ2n) is 12.8. The Labute approximate surface area is 269 Å². The molecule has 5 amide bonds. The van der Waals surface area contributed by atoms with Crippen molar-refractivity contribution >= 4 is 35.7 Å². The second-order valence-corrected chi connectivity index (χ2v) is 12.8. The van der Waals surface area contributed by atoms with Crippen LogP contribution in [0, 0.1) is 12.0 Å². The van der Waals surface area contributed by atoms with E-state index in [2.05, 4.69) is 43.4 Å². The van der Waals surface area contributed by atoms with Gasteiger partial charge in [-0.1, -0.05) is 19.3 Å². The summed E-state index contributed by atoms with van der Waals surface area (Å²) < 4.78 is 15.1. The van der Waals surface area contributed by atoms with Crippen LogP contribution >= 0.6 is 0 Å². The first-order valence-electron chi connectivity index (χ1n) is 14.5. The van der Waals surface area contributed by atoms with E-state index >= 15 is 0 Å². The summed E-state index contributed by atoms with van der Waals surface area (Å²) in [7, 11) is 1.16. The molecule has 17 nitrogen and oxygen atoms in total. The third kappa shape index (κ3) is 13.1. The van der Waals surface area contributed by atoms with E-state index in [1.165, 1.54) is 48.5 Å². The largest absolute Gasteiger partial charge is 0.511 e. The topological polar surface area (TPSA) is 230 Å². The highest BCUT2D eigenvalue weighted by atomic mass is 16.6. The Balaban J connectivity index is 5.97. The molecule has 0 radical (unpaired) electrons. The van der Waals surface area contributed by atoms with E-state index in [9.17, 15) is 28.8 Å². The van der Waals surface area contributed by atoms with Gasteiger partial charge in [-0.3, -0.25) is 19.2 Å². The van der Waals surface area contributed by atoms with Crippen molar-refractivity contribution in [2.45, 2.75) is 123 Å². The third-order valence-electron chi connectivity index (χ3n) is 6.05. The Kier molecular flexibility index (Phi) is 15.4. The summed E-state index contributed by atoms with van der Waals surface area (Å²) in [5, 5.41) is 14.0. The molecule has 0 aromatic carbocycles. The van der Waals surface area contributed by atoms with E-state index in [4.69, 9.17) is 19.7 Å². The number of rotatable bonds is 15. The summed E-state index contributed by atoms with van der Waals surface area (Å²) in [6, 6.07) is -2.66. The van der Waals surface area contributed by atoms with Crippen LogP contribution < -0.4 is 21.3 Å². The lowest BCUT2D eigenvalue weighted by Crippen LogP contribution is -2.66. The molecule has 0 spiro atoms. The van der Waals surface area contributed by atoms with Crippen molar-refractivity contribution in [1.29, 1.82) is 0 Å². The van der Waals surface area contributed by atoms with Gasteiger partial charge in [-0.15, -0.1) is 10.5 Å². The number of methoxy groups -OCH3 is 1. The van der Waals surface area contributed by atoms with Gasteiger partial charge in [-0.25, -0.2) is 4.79 Å². The zero-order chi connectivity index (χ0) is 36.1. The van der Waals surface area contributed by atoms with E-state index in [0.29, 0.717) is 11.4 Å². The zero-order valence-corrected chi connectivity index (χ0v) is 28.7. The summed E-state index contributed by atoms with van der Waals surface area (Å²) in [6.45, 7) is 15.9. The quantitative estimate of drug-likeness (QED) is 0.0505. The molecule has 0 fully saturated rings. The van der Waals surface area contributed by atoms with Crippen LogP contribution in [0.15, 0.2) is 5.22 Å². The van der Waals surface area contributed by atoms with Crippen LogP contribution in [0.25, 0.3) is 10.4 Å². The van der Waals surface area contributed by atoms with E-state index in [0.717, 1.165) is 7.11 Å². The van der Waals surface area contributed by atoms with Gasteiger partial charge < -0.3 is 35.5 Å². The highest BCUT2D eigenvalue weighted by Gasteiger charge is 2.43. The van der Waals surface area contributed by atoms with E-state index < -0.39 is 70.0 Å². The molecule has 0 aromatic heterocycles. The van der Waals surface area contributed by atoms with Gasteiger partial charge in [0, 0.05) is 6.92 Å². The normalized spacial score (nSPS) is 12.8. The molecule has 0 saturated carbocycles. The molecule has 0 aromatic rings. The second kappa shape index (κ2) is 17.1. The van der Waals surface area contributed by atoms with Crippen LogP contribution in [-0.4, -0.2) is 88.7 Å². The number of carbonyl (C=O) groups excluding carboxylic acids is 6. The van der Waals surface area contributed by atoms with Crippen LogP contribution in [-0.2, 0) is 38.2 Å². The van der Waals surface area contributed by atoms with Gasteiger partial charge >= 0.3 is 12.1 Å². The van der Waals surface area contributed by atoms with E-state index in [1.807, 2.05) is 0 Å². The molecule has 0 aliphatic carbocycles. The fourth-order valence-electron chi connectivity index (χ4n) is 3.58. The fraction of sp³-hybridized carbons (Fsp3) is 0.724. The summed E-state index contributed by atoms with van der Waals surface area (Å²) in [5.41, 5.74) is 3.35. The van der Waals surface area contributed by atoms with Crippen LogP contribution in [0.5, 0.6) is 0 Å². The molecule has 17 heteroatoms. The molecule has 0 unspecified atom stereocenters. The number of carbonyl (C=O) groups is 6. The van der Waals surface area contributed by atoms with Crippen LogP contribution in [0.4, 0.5) is 4.79 Å². The molecule has 0 saturated heterocycles. The number of azide groups is 1. The molecule has 0 rings (SSSR count). The number of amides is 5. The van der Waals surface area contributed by atoms with Gasteiger partial charge in [0.1, 0.15) is 41.0 Å². The van der Waals surface area contributed by atoms with Crippen molar-refractivity contribution in [3.63, 3.8) is 0 Å². The number of ether oxygens (including phenoxy) is 3. The highest BCUT2D eigenvalue weighted by Crippen LogP contribution is 2.18. The van der Waals surface area contributed by atoms with Crippen molar-refractivity contribution in [3.8, 4) is 12.0 Å². The lowest BCUT2D eigenvalue weighted by atomic mass is 9.97. The van der Waals surface area contributed by atoms with Crippen LogP contribution in [0.2, 0.25) is 0 Å². The maximum absolute atomic E-state index is 13.4. The molecule has 0 heterocycles. The Morgan fingerprint density at radius 1 is 0.870 bits per heavy atom. The monoisotopic (exact) mass is 652 g/mol. The first-order valence-corrected chi connectivity index (χ1v) is 14.5. The number of nitrogens with zero attached hydrogens (tertiary/aromatic N) is 4.